The van der Waals surface area contributed by atoms with Crippen LogP contribution in [0.3, 0.4) is 0 Å². The molecule has 1 aromatic heterocycles. The van der Waals surface area contributed by atoms with Gasteiger partial charge in [0.25, 0.3) is 0 Å². The molecule has 0 atom stereocenters. The van der Waals surface area contributed by atoms with E-state index in [0.717, 1.165) is 11.3 Å². The number of rotatable bonds is 2. The van der Waals surface area contributed by atoms with Crippen molar-refractivity contribution in [3.8, 4) is 11.3 Å². The number of oxime groups is 1. The highest BCUT2D eigenvalue weighted by Crippen LogP contribution is 2.26. The van der Waals surface area contributed by atoms with Gasteiger partial charge in [-0.25, -0.2) is 0 Å². The number of aryl methyl sites for hydroxylation is 1. The Balaban J connectivity index is 2.46. The fraction of sp³-hybridized carbons (Fsp3) is 0.154. The van der Waals surface area contributed by atoms with Crippen LogP contribution in [0.1, 0.15) is 16.9 Å². The Bertz CT molecular complexity index is 526. The van der Waals surface area contributed by atoms with Gasteiger partial charge in [0.05, 0.1) is 0 Å². The Kier molecular flexibility index (Phi) is 2.77. The zero-order valence-electron chi connectivity index (χ0n) is 9.27. The van der Waals surface area contributed by atoms with Crippen LogP contribution >= 0.6 is 0 Å². The molecular weight excluding hydrogens is 202 g/mol. The van der Waals surface area contributed by atoms with Crippen LogP contribution in [0.2, 0.25) is 0 Å². The summed E-state index contributed by atoms with van der Waals surface area (Å²) in [4.78, 5) is 0. The third-order valence-corrected chi connectivity index (χ3v) is 2.68. The van der Waals surface area contributed by atoms with Gasteiger partial charge in [0.1, 0.15) is 17.7 Å². The van der Waals surface area contributed by atoms with E-state index >= 15 is 0 Å². The molecule has 0 saturated heterocycles. The number of benzene rings is 1. The van der Waals surface area contributed by atoms with E-state index in [2.05, 4.69) is 25.1 Å². The van der Waals surface area contributed by atoms with Crippen molar-refractivity contribution in [2.24, 2.45) is 5.16 Å². The Hall–Kier alpha value is -2.03. The van der Waals surface area contributed by atoms with Crippen molar-refractivity contribution < 1.29 is 9.62 Å². The lowest BCUT2D eigenvalue weighted by Crippen LogP contribution is -1.84. The SMILES string of the molecule is Cc1cccc(-c2ccc(/C=N/O)o2)c1C. The lowest BCUT2D eigenvalue weighted by molar-refractivity contribution is 0.321. The molecule has 3 heteroatoms. The normalized spacial score (nSPS) is 11.1. The molecule has 0 unspecified atom stereocenters. The molecule has 1 N–H and O–H groups in total. The average Bonchev–Trinajstić information content (AvgIpc) is 2.71. The van der Waals surface area contributed by atoms with Crippen molar-refractivity contribution in [3.63, 3.8) is 0 Å². The van der Waals surface area contributed by atoms with E-state index in [-0.39, 0.29) is 0 Å². The summed E-state index contributed by atoms with van der Waals surface area (Å²) in [6.07, 6.45) is 1.27. The molecule has 0 bridgehead atoms. The summed E-state index contributed by atoms with van der Waals surface area (Å²) >= 11 is 0. The van der Waals surface area contributed by atoms with E-state index in [4.69, 9.17) is 9.62 Å². The molecule has 0 spiro atoms. The lowest BCUT2D eigenvalue weighted by Gasteiger charge is -2.05. The Morgan fingerprint density at radius 2 is 2.00 bits per heavy atom. The summed E-state index contributed by atoms with van der Waals surface area (Å²) < 4.78 is 5.54. The van der Waals surface area contributed by atoms with E-state index < -0.39 is 0 Å². The van der Waals surface area contributed by atoms with E-state index in [9.17, 15) is 0 Å². The van der Waals surface area contributed by atoms with Crippen LogP contribution in [0.15, 0.2) is 39.9 Å². The van der Waals surface area contributed by atoms with Gasteiger partial charge < -0.3 is 9.62 Å². The van der Waals surface area contributed by atoms with Crippen molar-refractivity contribution in [2.45, 2.75) is 13.8 Å². The van der Waals surface area contributed by atoms with Gasteiger partial charge in [-0.15, -0.1) is 0 Å². The van der Waals surface area contributed by atoms with Gasteiger partial charge >= 0.3 is 0 Å². The van der Waals surface area contributed by atoms with Gasteiger partial charge in [-0.05, 0) is 37.1 Å². The zero-order chi connectivity index (χ0) is 11.5. The maximum absolute atomic E-state index is 8.41. The fourth-order valence-corrected chi connectivity index (χ4v) is 1.64. The van der Waals surface area contributed by atoms with Crippen LogP contribution in [-0.4, -0.2) is 11.4 Å². The molecule has 1 heterocycles. The third-order valence-electron chi connectivity index (χ3n) is 2.68. The molecular formula is C13H13NO2. The lowest BCUT2D eigenvalue weighted by atomic mass is 10.0. The van der Waals surface area contributed by atoms with E-state index in [1.54, 1.807) is 6.07 Å². The summed E-state index contributed by atoms with van der Waals surface area (Å²) in [7, 11) is 0. The van der Waals surface area contributed by atoms with Gasteiger partial charge in [0, 0.05) is 5.56 Å². The zero-order valence-corrected chi connectivity index (χ0v) is 9.27. The summed E-state index contributed by atoms with van der Waals surface area (Å²) in [5, 5.41) is 11.3. The van der Waals surface area contributed by atoms with Crippen molar-refractivity contribution >= 4 is 6.21 Å². The maximum atomic E-state index is 8.41. The molecule has 0 aliphatic carbocycles. The van der Waals surface area contributed by atoms with Gasteiger partial charge in [-0.2, -0.15) is 0 Å². The van der Waals surface area contributed by atoms with Crippen LogP contribution < -0.4 is 0 Å². The Labute approximate surface area is 94.0 Å². The molecule has 82 valence electrons. The second-order valence-electron chi connectivity index (χ2n) is 3.69. The standard InChI is InChI=1S/C13H13NO2/c1-9-4-3-5-12(10(9)2)13-7-6-11(16-13)8-14-15/h3-8,15H,1-2H3/b14-8+. The van der Waals surface area contributed by atoms with E-state index in [1.165, 1.54) is 17.3 Å². The molecule has 0 aliphatic rings. The third kappa shape index (κ3) is 1.84. The molecule has 2 aromatic rings. The topological polar surface area (TPSA) is 45.7 Å². The predicted molar refractivity (Wildman–Crippen MR) is 63.0 cm³/mol. The molecule has 0 fully saturated rings. The van der Waals surface area contributed by atoms with Gasteiger partial charge in [0.2, 0.25) is 0 Å². The Morgan fingerprint density at radius 3 is 2.75 bits per heavy atom. The van der Waals surface area contributed by atoms with Crippen LogP contribution in [0.25, 0.3) is 11.3 Å². The summed E-state index contributed by atoms with van der Waals surface area (Å²) in [6, 6.07) is 9.73. The minimum atomic E-state index is 0.540. The average molecular weight is 215 g/mol. The molecule has 0 radical (unpaired) electrons. The molecule has 0 saturated carbocycles. The minimum Gasteiger partial charge on any atom is -0.455 e. The van der Waals surface area contributed by atoms with Crippen molar-refractivity contribution in [3.05, 3.63) is 47.2 Å². The van der Waals surface area contributed by atoms with Crippen LogP contribution in [0.5, 0.6) is 0 Å². The molecule has 3 nitrogen and oxygen atoms in total. The number of nitrogens with zero attached hydrogens (tertiary/aromatic N) is 1. The molecule has 0 aliphatic heterocycles. The molecule has 2 rings (SSSR count). The van der Waals surface area contributed by atoms with Crippen molar-refractivity contribution in [2.75, 3.05) is 0 Å². The fourth-order valence-electron chi connectivity index (χ4n) is 1.64. The van der Waals surface area contributed by atoms with E-state index in [0.29, 0.717) is 5.76 Å². The van der Waals surface area contributed by atoms with Crippen LogP contribution in [0.4, 0.5) is 0 Å². The first kappa shape index (κ1) is 10.5. The molecule has 16 heavy (non-hydrogen) atoms. The van der Waals surface area contributed by atoms with Crippen LogP contribution in [0, 0.1) is 13.8 Å². The van der Waals surface area contributed by atoms with Crippen LogP contribution in [-0.2, 0) is 0 Å². The number of furan rings is 1. The predicted octanol–water partition coefficient (Wildman–Crippen LogP) is 3.37. The highest BCUT2D eigenvalue weighted by Gasteiger charge is 2.07. The van der Waals surface area contributed by atoms with E-state index in [1.807, 2.05) is 18.2 Å². The summed E-state index contributed by atoms with van der Waals surface area (Å²) in [5.74, 6) is 1.33. The first-order valence-electron chi connectivity index (χ1n) is 5.06. The number of hydrogen-bond acceptors (Lipinski definition) is 3. The van der Waals surface area contributed by atoms with Gasteiger partial charge in [-0.3, -0.25) is 0 Å². The first-order valence-corrected chi connectivity index (χ1v) is 5.06. The van der Waals surface area contributed by atoms with Gasteiger partial charge in [-0.1, -0.05) is 23.4 Å². The number of hydrogen-bond donors (Lipinski definition) is 1. The summed E-state index contributed by atoms with van der Waals surface area (Å²) in [6.45, 7) is 4.13. The monoisotopic (exact) mass is 215 g/mol. The second-order valence-corrected chi connectivity index (χ2v) is 3.69. The molecule has 1 aromatic carbocycles. The Morgan fingerprint density at radius 1 is 1.19 bits per heavy atom. The highest BCUT2D eigenvalue weighted by molar-refractivity contribution is 5.77. The largest absolute Gasteiger partial charge is 0.455 e. The quantitative estimate of drug-likeness (QED) is 0.474. The smallest absolute Gasteiger partial charge is 0.149 e. The molecule has 0 amide bonds. The maximum Gasteiger partial charge on any atom is 0.149 e. The second kappa shape index (κ2) is 4.23. The van der Waals surface area contributed by atoms with Crippen molar-refractivity contribution in [1.29, 1.82) is 0 Å². The first-order chi connectivity index (χ1) is 7.72. The minimum absolute atomic E-state index is 0.540. The van der Waals surface area contributed by atoms with Crippen molar-refractivity contribution in [1.82, 2.24) is 0 Å². The summed E-state index contributed by atoms with van der Waals surface area (Å²) in [5.41, 5.74) is 3.49. The highest BCUT2D eigenvalue weighted by atomic mass is 16.4. The van der Waals surface area contributed by atoms with Gasteiger partial charge in [0.15, 0.2) is 0 Å².